The van der Waals surface area contributed by atoms with E-state index in [1.54, 1.807) is 18.2 Å². The van der Waals surface area contributed by atoms with Crippen LogP contribution in [0.25, 0.3) is 10.9 Å². The van der Waals surface area contributed by atoms with E-state index in [-0.39, 0.29) is 16.5 Å². The summed E-state index contributed by atoms with van der Waals surface area (Å²) in [6, 6.07) is 11.8. The van der Waals surface area contributed by atoms with Crippen molar-refractivity contribution < 1.29 is 52.4 Å². The van der Waals surface area contributed by atoms with Crippen LogP contribution >= 0.6 is 0 Å². The first-order valence-electron chi connectivity index (χ1n) is 14.3. The number of aromatic nitrogens is 1. The minimum absolute atomic E-state index is 0.0964. The van der Waals surface area contributed by atoms with Gasteiger partial charge in [0.2, 0.25) is 0 Å². The number of hydrogen-bond acceptors (Lipinski definition) is 10. The predicted octanol–water partition coefficient (Wildman–Crippen LogP) is 4.00. The molecule has 0 spiro atoms. The Kier molecular flexibility index (Phi) is 9.02. The van der Waals surface area contributed by atoms with Gasteiger partial charge < -0.3 is 33.4 Å². The van der Waals surface area contributed by atoms with Gasteiger partial charge in [-0.25, -0.2) is 4.39 Å². The summed E-state index contributed by atoms with van der Waals surface area (Å²) >= 11 is 0. The second kappa shape index (κ2) is 12.7. The molecule has 1 aliphatic carbocycles. The van der Waals surface area contributed by atoms with Crippen LogP contribution in [0.5, 0.6) is 0 Å². The molecule has 234 valence electrons. The summed E-state index contributed by atoms with van der Waals surface area (Å²) in [6.45, 7) is 4.17. The van der Waals surface area contributed by atoms with Crippen molar-refractivity contribution >= 4 is 34.8 Å². The van der Waals surface area contributed by atoms with E-state index >= 15 is 4.39 Å². The molecular formula is C32H34FNO10. The van der Waals surface area contributed by atoms with Gasteiger partial charge in [-0.3, -0.25) is 19.2 Å². The molecule has 6 atom stereocenters. The standard InChI is InChI=1S/C32H34FNO10/c1-16(35)40-15-26-29(41-17(2)36)30(42-18(3)37)31(43-19(4)38)32(44-26)34-14-23(27-24(33)6-5-7-25(27)34)28(39)22-12-10-21(11-13-22)20-8-9-20/h5-7,10-14,20,26,28-32,39H,8-9,15H2,1-4H3/t26?,28?,29-,30?,31-,32?/m1/s1. The number of rotatable bonds is 9. The first kappa shape index (κ1) is 31.1. The molecule has 44 heavy (non-hydrogen) atoms. The largest absolute Gasteiger partial charge is 0.463 e. The number of halogens is 1. The number of esters is 4. The zero-order valence-corrected chi connectivity index (χ0v) is 24.7. The van der Waals surface area contributed by atoms with E-state index in [1.807, 2.05) is 12.1 Å². The van der Waals surface area contributed by atoms with Gasteiger partial charge in [-0.05, 0) is 42.0 Å². The molecule has 1 saturated heterocycles. The number of carbonyl (C=O) groups is 4. The first-order chi connectivity index (χ1) is 20.9. The van der Waals surface area contributed by atoms with Crippen LogP contribution in [0, 0.1) is 5.82 Å². The summed E-state index contributed by atoms with van der Waals surface area (Å²) in [5, 5.41) is 11.6. The zero-order chi connectivity index (χ0) is 31.7. The van der Waals surface area contributed by atoms with Crippen molar-refractivity contribution in [2.24, 2.45) is 0 Å². The van der Waals surface area contributed by atoms with Gasteiger partial charge >= 0.3 is 23.9 Å². The van der Waals surface area contributed by atoms with Crippen LogP contribution in [0.2, 0.25) is 0 Å². The van der Waals surface area contributed by atoms with Crippen molar-refractivity contribution in [3.63, 3.8) is 0 Å². The fourth-order valence-electron chi connectivity index (χ4n) is 5.69. The lowest BCUT2D eigenvalue weighted by atomic mass is 9.97. The second-order valence-electron chi connectivity index (χ2n) is 11.1. The number of benzene rings is 2. The smallest absolute Gasteiger partial charge is 0.303 e. The molecule has 1 N–H and O–H groups in total. The summed E-state index contributed by atoms with van der Waals surface area (Å²) in [5.41, 5.74) is 2.20. The van der Waals surface area contributed by atoms with Gasteiger partial charge in [0, 0.05) is 44.8 Å². The maximum Gasteiger partial charge on any atom is 0.303 e. The SMILES string of the molecule is CC(=O)OCC1OC(n2cc(C(O)c3ccc(C4CC4)cc3)c3c(F)cccc32)[C@H](OC(C)=O)C(OC(C)=O)[C@@H]1OC(C)=O. The highest BCUT2D eigenvalue weighted by molar-refractivity contribution is 5.85. The van der Waals surface area contributed by atoms with Gasteiger partial charge in [-0.1, -0.05) is 30.3 Å². The molecule has 0 radical (unpaired) electrons. The first-order valence-corrected chi connectivity index (χ1v) is 14.3. The lowest BCUT2D eigenvalue weighted by Gasteiger charge is -2.44. The number of ether oxygens (including phenoxy) is 5. The number of aliphatic hydroxyl groups excluding tert-OH is 1. The summed E-state index contributed by atoms with van der Waals surface area (Å²) < 4.78 is 45.0. The molecule has 3 aromatic rings. The average Bonchev–Trinajstić information content (AvgIpc) is 3.74. The Bertz CT molecular complexity index is 1560. The third-order valence-electron chi connectivity index (χ3n) is 7.67. The zero-order valence-electron chi connectivity index (χ0n) is 24.7. The second-order valence-corrected chi connectivity index (χ2v) is 11.1. The van der Waals surface area contributed by atoms with Gasteiger partial charge in [-0.2, -0.15) is 0 Å². The number of aliphatic hydroxyl groups is 1. The van der Waals surface area contributed by atoms with Gasteiger partial charge in [0.25, 0.3) is 0 Å². The summed E-state index contributed by atoms with van der Waals surface area (Å²) in [4.78, 5) is 48.4. The summed E-state index contributed by atoms with van der Waals surface area (Å²) in [5.74, 6) is -3.04. The average molecular weight is 612 g/mol. The van der Waals surface area contributed by atoms with E-state index in [9.17, 15) is 24.3 Å². The Labute approximate surface area is 252 Å². The molecule has 4 unspecified atom stereocenters. The maximum absolute atomic E-state index is 15.5. The maximum atomic E-state index is 15.5. The van der Waals surface area contributed by atoms with Gasteiger partial charge in [-0.15, -0.1) is 0 Å². The van der Waals surface area contributed by atoms with E-state index in [4.69, 9.17) is 23.7 Å². The van der Waals surface area contributed by atoms with Crippen LogP contribution in [-0.4, -0.2) is 64.6 Å². The van der Waals surface area contributed by atoms with E-state index in [2.05, 4.69) is 0 Å². The predicted molar refractivity (Wildman–Crippen MR) is 152 cm³/mol. The fourth-order valence-corrected chi connectivity index (χ4v) is 5.69. The van der Waals surface area contributed by atoms with E-state index in [0.29, 0.717) is 11.5 Å². The molecule has 1 aliphatic heterocycles. The Balaban J connectivity index is 1.63. The molecule has 2 aromatic carbocycles. The molecule has 0 bridgehead atoms. The van der Waals surface area contributed by atoms with Gasteiger partial charge in [0.05, 0.1) is 5.52 Å². The van der Waals surface area contributed by atoms with Crippen molar-refractivity contribution in [1.82, 2.24) is 4.57 Å². The van der Waals surface area contributed by atoms with Crippen LogP contribution in [0.3, 0.4) is 0 Å². The van der Waals surface area contributed by atoms with Crippen LogP contribution in [0.4, 0.5) is 4.39 Å². The van der Waals surface area contributed by atoms with Crippen LogP contribution in [-0.2, 0) is 42.9 Å². The van der Waals surface area contributed by atoms with Crippen molar-refractivity contribution in [2.45, 2.75) is 83.2 Å². The summed E-state index contributed by atoms with van der Waals surface area (Å²) in [6.07, 6.45) is -4.18. The Morgan fingerprint density at radius 2 is 1.50 bits per heavy atom. The molecule has 2 aliphatic rings. The molecule has 2 fully saturated rings. The number of hydrogen-bond donors (Lipinski definition) is 1. The fraction of sp³-hybridized carbons (Fsp3) is 0.438. The highest BCUT2D eigenvalue weighted by Gasteiger charge is 2.53. The number of fused-ring (bicyclic) bond motifs is 1. The normalized spacial score (nSPS) is 23.9. The molecule has 1 aromatic heterocycles. The quantitative estimate of drug-likeness (QED) is 0.279. The van der Waals surface area contributed by atoms with Gasteiger partial charge in [0.15, 0.2) is 24.5 Å². The third-order valence-corrected chi connectivity index (χ3v) is 7.67. The van der Waals surface area contributed by atoms with Crippen LogP contribution in [0.15, 0.2) is 48.7 Å². The minimum Gasteiger partial charge on any atom is -0.463 e. The monoisotopic (exact) mass is 611 g/mol. The van der Waals surface area contributed by atoms with Crippen molar-refractivity contribution in [3.05, 3.63) is 71.2 Å². The van der Waals surface area contributed by atoms with Gasteiger partial charge in [0.1, 0.15) is 24.6 Å². The van der Waals surface area contributed by atoms with E-state index < -0.39 is 73.0 Å². The Hall–Kier alpha value is -4.29. The van der Waals surface area contributed by atoms with Crippen molar-refractivity contribution in [3.8, 4) is 0 Å². The molecule has 12 heteroatoms. The highest BCUT2D eigenvalue weighted by atomic mass is 19.1. The molecule has 11 nitrogen and oxygen atoms in total. The lowest BCUT2D eigenvalue weighted by Crippen LogP contribution is -2.60. The van der Waals surface area contributed by atoms with Crippen molar-refractivity contribution in [2.75, 3.05) is 6.61 Å². The Morgan fingerprint density at radius 1 is 0.886 bits per heavy atom. The molecule has 2 heterocycles. The molecular weight excluding hydrogens is 577 g/mol. The third kappa shape index (κ3) is 6.61. The Morgan fingerprint density at radius 3 is 2.09 bits per heavy atom. The number of carbonyl (C=O) groups excluding carboxylic acids is 4. The summed E-state index contributed by atoms with van der Waals surface area (Å²) in [7, 11) is 0. The topological polar surface area (TPSA) is 140 Å². The minimum atomic E-state index is -1.41. The lowest BCUT2D eigenvalue weighted by molar-refractivity contribution is -0.267. The van der Waals surface area contributed by atoms with Crippen LogP contribution < -0.4 is 0 Å². The molecule has 5 rings (SSSR count). The molecule has 1 saturated carbocycles. The molecule has 0 amide bonds. The van der Waals surface area contributed by atoms with E-state index in [0.717, 1.165) is 33.6 Å². The van der Waals surface area contributed by atoms with Crippen LogP contribution in [0.1, 0.15) is 75.5 Å². The van der Waals surface area contributed by atoms with E-state index in [1.165, 1.54) is 35.4 Å². The van der Waals surface area contributed by atoms with Crippen molar-refractivity contribution in [1.29, 1.82) is 0 Å². The number of nitrogens with zero attached hydrogens (tertiary/aromatic N) is 1. The highest BCUT2D eigenvalue weighted by Crippen LogP contribution is 2.42.